The van der Waals surface area contributed by atoms with Gasteiger partial charge in [-0.15, -0.1) is 0 Å². The molecule has 0 spiro atoms. The van der Waals surface area contributed by atoms with Gasteiger partial charge in [0.05, 0.1) is 0 Å². The molecule has 0 aromatic rings. The fraction of sp³-hybridized carbons (Fsp3) is 0.875. The van der Waals surface area contributed by atoms with E-state index in [-0.39, 0.29) is 23.0 Å². The van der Waals surface area contributed by atoms with Crippen molar-refractivity contribution in [1.82, 2.24) is 4.90 Å². The molecular formula is C16H27NO2. The number of rotatable bonds is 5. The predicted octanol–water partition coefficient (Wildman–Crippen LogP) is 3.03. The van der Waals surface area contributed by atoms with E-state index < -0.39 is 5.41 Å². The number of ketones is 1. The molecule has 1 amide bonds. The third kappa shape index (κ3) is 2.56. The number of amides is 1. The van der Waals surface area contributed by atoms with Gasteiger partial charge in [0.2, 0.25) is 5.91 Å². The zero-order valence-electron chi connectivity index (χ0n) is 12.8. The van der Waals surface area contributed by atoms with Crippen LogP contribution in [-0.4, -0.2) is 29.7 Å². The molecule has 0 bridgehead atoms. The zero-order chi connectivity index (χ0) is 14.3. The molecule has 2 rings (SSSR count). The van der Waals surface area contributed by atoms with Gasteiger partial charge in [0.1, 0.15) is 5.78 Å². The molecule has 1 saturated carbocycles. The highest BCUT2D eigenvalue weighted by molar-refractivity contribution is 5.92. The van der Waals surface area contributed by atoms with Crippen LogP contribution >= 0.6 is 0 Å². The maximum Gasteiger partial charge on any atom is 0.223 e. The first-order valence-corrected chi connectivity index (χ1v) is 7.62. The van der Waals surface area contributed by atoms with E-state index in [2.05, 4.69) is 6.92 Å². The predicted molar refractivity (Wildman–Crippen MR) is 75.7 cm³/mol. The molecule has 0 radical (unpaired) electrons. The number of carbonyl (C=O) groups excluding carboxylic acids is 2. The fourth-order valence-electron chi connectivity index (χ4n) is 3.36. The van der Waals surface area contributed by atoms with Crippen LogP contribution < -0.4 is 0 Å². The Hall–Kier alpha value is -0.860. The highest BCUT2D eigenvalue weighted by Gasteiger charge is 2.58. The molecule has 1 aliphatic heterocycles. The lowest BCUT2D eigenvalue weighted by Gasteiger charge is -2.36. The molecule has 3 heteroatoms. The van der Waals surface area contributed by atoms with Gasteiger partial charge in [-0.1, -0.05) is 27.7 Å². The molecule has 2 fully saturated rings. The van der Waals surface area contributed by atoms with E-state index in [1.807, 2.05) is 25.7 Å². The Labute approximate surface area is 116 Å². The molecule has 0 aromatic carbocycles. The van der Waals surface area contributed by atoms with E-state index in [4.69, 9.17) is 0 Å². The first kappa shape index (κ1) is 14.5. The summed E-state index contributed by atoms with van der Waals surface area (Å²) >= 11 is 0. The molecule has 2 aliphatic rings. The van der Waals surface area contributed by atoms with Crippen LogP contribution in [0, 0.1) is 16.7 Å². The molecule has 19 heavy (non-hydrogen) atoms. The zero-order valence-corrected chi connectivity index (χ0v) is 12.8. The summed E-state index contributed by atoms with van der Waals surface area (Å²) in [5.41, 5.74) is -0.426. The van der Waals surface area contributed by atoms with Crippen molar-refractivity contribution in [2.75, 3.05) is 13.1 Å². The number of hydrogen-bond acceptors (Lipinski definition) is 2. The standard InChI is InChI=1S/C16H27NO2/c1-12(2)14(19)16(4,15(3)7-8-15)11-13(18)17-9-5-6-10-17/h12H,5-11H2,1-4H3. The van der Waals surface area contributed by atoms with Gasteiger partial charge in [0.25, 0.3) is 0 Å². The van der Waals surface area contributed by atoms with Crippen LogP contribution in [0.3, 0.4) is 0 Å². The summed E-state index contributed by atoms with van der Waals surface area (Å²) in [6.45, 7) is 9.85. The number of hydrogen-bond donors (Lipinski definition) is 0. The Kier molecular flexibility index (Phi) is 3.76. The molecule has 1 heterocycles. The Balaban J connectivity index is 2.14. The van der Waals surface area contributed by atoms with Gasteiger partial charge in [-0.3, -0.25) is 9.59 Å². The van der Waals surface area contributed by atoms with Crippen molar-refractivity contribution in [2.45, 2.75) is 59.8 Å². The van der Waals surface area contributed by atoms with E-state index in [0.717, 1.165) is 38.8 Å². The van der Waals surface area contributed by atoms with Crippen LogP contribution in [0.15, 0.2) is 0 Å². The van der Waals surface area contributed by atoms with E-state index in [1.165, 1.54) is 0 Å². The van der Waals surface area contributed by atoms with Crippen LogP contribution in [-0.2, 0) is 9.59 Å². The second-order valence-corrected chi connectivity index (χ2v) is 7.18. The van der Waals surface area contributed by atoms with E-state index in [1.54, 1.807) is 0 Å². The van der Waals surface area contributed by atoms with Gasteiger partial charge in [0, 0.05) is 30.8 Å². The summed E-state index contributed by atoms with van der Waals surface area (Å²) in [5.74, 6) is 0.455. The maximum absolute atomic E-state index is 12.6. The Morgan fingerprint density at radius 1 is 1.21 bits per heavy atom. The SMILES string of the molecule is CC(C)C(=O)C(C)(CC(=O)N1CCCC1)C1(C)CC1. The Morgan fingerprint density at radius 3 is 2.16 bits per heavy atom. The summed E-state index contributed by atoms with van der Waals surface area (Å²) in [5, 5.41) is 0. The van der Waals surface area contributed by atoms with E-state index in [9.17, 15) is 9.59 Å². The lowest BCUT2D eigenvalue weighted by molar-refractivity contribution is -0.144. The van der Waals surface area contributed by atoms with Crippen molar-refractivity contribution < 1.29 is 9.59 Å². The number of Topliss-reactive ketones (excluding diaryl/α,β-unsaturated/α-hetero) is 1. The van der Waals surface area contributed by atoms with Gasteiger partial charge >= 0.3 is 0 Å². The fourth-order valence-corrected chi connectivity index (χ4v) is 3.36. The second-order valence-electron chi connectivity index (χ2n) is 7.18. The van der Waals surface area contributed by atoms with E-state index >= 15 is 0 Å². The molecule has 3 nitrogen and oxygen atoms in total. The average Bonchev–Trinajstić information content (AvgIpc) is 2.91. The van der Waals surface area contributed by atoms with Crippen molar-refractivity contribution in [2.24, 2.45) is 16.7 Å². The Bertz CT molecular complexity index is 378. The molecule has 1 unspecified atom stereocenters. The van der Waals surface area contributed by atoms with Crippen LogP contribution in [0.1, 0.15) is 59.8 Å². The minimum atomic E-state index is -0.471. The summed E-state index contributed by atoms with van der Waals surface area (Å²) in [6.07, 6.45) is 4.78. The minimum absolute atomic E-state index is 0.00815. The van der Waals surface area contributed by atoms with Crippen molar-refractivity contribution in [3.63, 3.8) is 0 Å². The number of carbonyl (C=O) groups is 2. The second kappa shape index (κ2) is 4.92. The first-order chi connectivity index (χ1) is 8.80. The van der Waals surface area contributed by atoms with Gasteiger partial charge in [-0.2, -0.15) is 0 Å². The third-order valence-corrected chi connectivity index (χ3v) is 5.36. The smallest absolute Gasteiger partial charge is 0.223 e. The first-order valence-electron chi connectivity index (χ1n) is 7.62. The molecule has 0 N–H and O–H groups in total. The van der Waals surface area contributed by atoms with Gasteiger partial charge < -0.3 is 4.90 Å². The largest absolute Gasteiger partial charge is 0.343 e. The van der Waals surface area contributed by atoms with Gasteiger partial charge in [0.15, 0.2) is 0 Å². The molecule has 108 valence electrons. The van der Waals surface area contributed by atoms with E-state index in [0.29, 0.717) is 6.42 Å². The molecule has 1 atom stereocenters. The van der Waals surface area contributed by atoms with Gasteiger partial charge in [-0.05, 0) is 31.1 Å². The van der Waals surface area contributed by atoms with Crippen LogP contribution in [0.5, 0.6) is 0 Å². The van der Waals surface area contributed by atoms with Crippen molar-refractivity contribution in [1.29, 1.82) is 0 Å². The van der Waals surface area contributed by atoms with Crippen molar-refractivity contribution >= 4 is 11.7 Å². The quantitative estimate of drug-likeness (QED) is 0.766. The minimum Gasteiger partial charge on any atom is -0.343 e. The van der Waals surface area contributed by atoms with Crippen LogP contribution in [0.25, 0.3) is 0 Å². The summed E-state index contributed by atoms with van der Waals surface area (Å²) in [4.78, 5) is 27.0. The van der Waals surface area contributed by atoms with Crippen molar-refractivity contribution in [3.8, 4) is 0 Å². The molecule has 1 saturated heterocycles. The topological polar surface area (TPSA) is 37.4 Å². The van der Waals surface area contributed by atoms with Gasteiger partial charge in [-0.25, -0.2) is 0 Å². The van der Waals surface area contributed by atoms with Crippen LogP contribution in [0.4, 0.5) is 0 Å². The van der Waals surface area contributed by atoms with Crippen LogP contribution in [0.2, 0.25) is 0 Å². The number of nitrogens with zero attached hydrogens (tertiary/aromatic N) is 1. The maximum atomic E-state index is 12.6. The summed E-state index contributed by atoms with van der Waals surface area (Å²) in [7, 11) is 0. The molecule has 1 aliphatic carbocycles. The highest BCUT2D eigenvalue weighted by atomic mass is 16.2. The molecular weight excluding hydrogens is 238 g/mol. The summed E-state index contributed by atoms with van der Waals surface area (Å²) < 4.78 is 0. The Morgan fingerprint density at radius 2 is 1.74 bits per heavy atom. The molecule has 0 aromatic heterocycles. The third-order valence-electron chi connectivity index (χ3n) is 5.36. The monoisotopic (exact) mass is 265 g/mol. The lowest BCUT2D eigenvalue weighted by atomic mass is 9.66. The van der Waals surface area contributed by atoms with Crippen molar-refractivity contribution in [3.05, 3.63) is 0 Å². The summed E-state index contributed by atoms with van der Waals surface area (Å²) in [6, 6.07) is 0. The highest BCUT2D eigenvalue weighted by Crippen LogP contribution is 2.61. The normalized spacial score (nSPS) is 24.4. The average molecular weight is 265 g/mol. The lowest BCUT2D eigenvalue weighted by Crippen LogP contribution is -2.43. The number of likely N-dealkylation sites (tertiary alicyclic amines) is 1.